The number of hydrogen-bond acceptors (Lipinski definition) is 2. The van der Waals surface area contributed by atoms with Crippen LogP contribution in [-0.2, 0) is 0 Å². The molecule has 1 rings (SSSR count). The molecule has 0 radical (unpaired) electrons. The molecule has 76 valence electrons. The molecule has 0 aromatic heterocycles. The molecule has 0 saturated heterocycles. The van der Waals surface area contributed by atoms with E-state index in [9.17, 15) is 4.79 Å². The minimum absolute atomic E-state index is 0.474. The maximum absolute atomic E-state index is 10.5. The van der Waals surface area contributed by atoms with Crippen molar-refractivity contribution in [1.29, 1.82) is 0 Å². The highest BCUT2D eigenvalue weighted by Crippen LogP contribution is 2.25. The van der Waals surface area contributed by atoms with Gasteiger partial charge in [0.2, 0.25) is 0 Å². The summed E-state index contributed by atoms with van der Waals surface area (Å²) in [7, 11) is 0. The molecule has 0 heterocycles. The van der Waals surface area contributed by atoms with E-state index < -0.39 is 0 Å². The molecule has 0 aliphatic heterocycles. The highest BCUT2D eigenvalue weighted by Gasteiger charge is 2.03. The SMILES string of the molecule is CC(C)COc1cc(C=O)ccc1Br. The van der Waals surface area contributed by atoms with Crippen molar-refractivity contribution in [3.8, 4) is 5.75 Å². The molecule has 0 N–H and O–H groups in total. The molecule has 2 nitrogen and oxygen atoms in total. The fourth-order valence-corrected chi connectivity index (χ4v) is 1.32. The van der Waals surface area contributed by atoms with E-state index in [1.54, 1.807) is 12.1 Å². The third-order valence-electron chi connectivity index (χ3n) is 1.66. The van der Waals surface area contributed by atoms with Crippen molar-refractivity contribution in [1.82, 2.24) is 0 Å². The van der Waals surface area contributed by atoms with Crippen LogP contribution in [0.4, 0.5) is 0 Å². The van der Waals surface area contributed by atoms with Gasteiger partial charge in [-0.3, -0.25) is 4.79 Å². The quantitative estimate of drug-likeness (QED) is 0.773. The van der Waals surface area contributed by atoms with Crippen LogP contribution in [0.1, 0.15) is 24.2 Å². The van der Waals surface area contributed by atoms with Crippen molar-refractivity contribution in [2.45, 2.75) is 13.8 Å². The Hall–Kier alpha value is -0.830. The average molecular weight is 257 g/mol. The molecule has 0 bridgehead atoms. The summed E-state index contributed by atoms with van der Waals surface area (Å²) in [5.74, 6) is 1.20. The molecule has 0 atom stereocenters. The van der Waals surface area contributed by atoms with Crippen LogP contribution in [-0.4, -0.2) is 12.9 Å². The molecule has 0 aliphatic carbocycles. The maximum atomic E-state index is 10.5. The number of halogens is 1. The summed E-state index contributed by atoms with van der Waals surface area (Å²) in [5.41, 5.74) is 0.631. The summed E-state index contributed by atoms with van der Waals surface area (Å²) in [6, 6.07) is 5.30. The molecule has 14 heavy (non-hydrogen) atoms. The van der Waals surface area contributed by atoms with Crippen LogP contribution in [0.25, 0.3) is 0 Å². The second-order valence-corrected chi connectivity index (χ2v) is 4.37. The Morgan fingerprint density at radius 2 is 2.21 bits per heavy atom. The summed E-state index contributed by atoms with van der Waals surface area (Å²) in [6.45, 7) is 4.82. The fraction of sp³-hybridized carbons (Fsp3) is 0.364. The van der Waals surface area contributed by atoms with Gasteiger partial charge in [0.15, 0.2) is 0 Å². The zero-order chi connectivity index (χ0) is 10.6. The van der Waals surface area contributed by atoms with E-state index in [0.717, 1.165) is 16.5 Å². The molecule has 0 aliphatic rings. The first-order valence-electron chi connectivity index (χ1n) is 4.51. The molecule has 0 spiro atoms. The minimum atomic E-state index is 0.474. The smallest absolute Gasteiger partial charge is 0.150 e. The van der Waals surface area contributed by atoms with Crippen LogP contribution in [0.2, 0.25) is 0 Å². The molecule has 0 saturated carbocycles. The van der Waals surface area contributed by atoms with Gasteiger partial charge < -0.3 is 4.74 Å². The summed E-state index contributed by atoms with van der Waals surface area (Å²) >= 11 is 3.37. The third-order valence-corrected chi connectivity index (χ3v) is 2.32. The lowest BCUT2D eigenvalue weighted by molar-refractivity contribution is 0.112. The monoisotopic (exact) mass is 256 g/mol. The van der Waals surface area contributed by atoms with E-state index in [0.29, 0.717) is 18.1 Å². The lowest BCUT2D eigenvalue weighted by atomic mass is 10.2. The van der Waals surface area contributed by atoms with E-state index in [2.05, 4.69) is 29.8 Å². The van der Waals surface area contributed by atoms with Gasteiger partial charge in [0.1, 0.15) is 12.0 Å². The zero-order valence-electron chi connectivity index (χ0n) is 8.29. The Kier molecular flexibility index (Phi) is 4.14. The standard InChI is InChI=1S/C11H13BrO2/c1-8(2)7-14-11-5-9(6-13)3-4-10(11)12/h3-6,8H,7H2,1-2H3. The van der Waals surface area contributed by atoms with Gasteiger partial charge >= 0.3 is 0 Å². The number of rotatable bonds is 4. The lowest BCUT2D eigenvalue weighted by Crippen LogP contribution is -2.05. The van der Waals surface area contributed by atoms with Gasteiger partial charge in [-0.25, -0.2) is 0 Å². The fourth-order valence-electron chi connectivity index (χ4n) is 0.960. The van der Waals surface area contributed by atoms with Crippen LogP contribution >= 0.6 is 15.9 Å². The molecule has 1 aromatic rings. The Labute approximate surface area is 92.4 Å². The van der Waals surface area contributed by atoms with E-state index in [-0.39, 0.29) is 0 Å². The van der Waals surface area contributed by atoms with E-state index >= 15 is 0 Å². The van der Waals surface area contributed by atoms with Crippen LogP contribution in [0.15, 0.2) is 22.7 Å². The first-order valence-corrected chi connectivity index (χ1v) is 5.30. The number of hydrogen-bond donors (Lipinski definition) is 0. The lowest BCUT2D eigenvalue weighted by Gasteiger charge is -2.10. The molecule has 0 amide bonds. The van der Waals surface area contributed by atoms with Gasteiger partial charge in [0, 0.05) is 5.56 Å². The Bertz CT molecular complexity index is 321. The Balaban J connectivity index is 2.78. The van der Waals surface area contributed by atoms with Gasteiger partial charge in [-0.15, -0.1) is 0 Å². The second kappa shape index (κ2) is 5.15. The molecular formula is C11H13BrO2. The van der Waals surface area contributed by atoms with E-state index in [1.165, 1.54) is 0 Å². The summed E-state index contributed by atoms with van der Waals surface area (Å²) in [4.78, 5) is 10.5. The van der Waals surface area contributed by atoms with Gasteiger partial charge in [-0.1, -0.05) is 19.9 Å². The summed E-state index contributed by atoms with van der Waals surface area (Å²) in [6.07, 6.45) is 0.814. The van der Waals surface area contributed by atoms with Crippen molar-refractivity contribution < 1.29 is 9.53 Å². The normalized spacial score (nSPS) is 10.3. The Morgan fingerprint density at radius 1 is 1.50 bits per heavy atom. The van der Waals surface area contributed by atoms with Gasteiger partial charge in [0.25, 0.3) is 0 Å². The first-order chi connectivity index (χ1) is 6.63. The Morgan fingerprint density at radius 3 is 2.79 bits per heavy atom. The van der Waals surface area contributed by atoms with Crippen LogP contribution in [0.5, 0.6) is 5.75 Å². The second-order valence-electron chi connectivity index (χ2n) is 3.51. The highest BCUT2D eigenvalue weighted by atomic mass is 79.9. The summed E-state index contributed by atoms with van der Waals surface area (Å²) < 4.78 is 6.41. The molecule has 1 aromatic carbocycles. The molecule has 0 fully saturated rings. The number of benzene rings is 1. The molecular weight excluding hydrogens is 244 g/mol. The van der Waals surface area contributed by atoms with Crippen molar-refractivity contribution in [3.05, 3.63) is 28.2 Å². The van der Waals surface area contributed by atoms with Crippen molar-refractivity contribution in [2.24, 2.45) is 5.92 Å². The topological polar surface area (TPSA) is 26.3 Å². The van der Waals surface area contributed by atoms with Crippen LogP contribution < -0.4 is 4.74 Å². The van der Waals surface area contributed by atoms with Gasteiger partial charge in [-0.05, 0) is 34.0 Å². The number of carbonyl (C=O) groups excluding carboxylic acids is 1. The number of ether oxygens (including phenoxy) is 1. The zero-order valence-corrected chi connectivity index (χ0v) is 9.87. The number of carbonyl (C=O) groups is 1. The average Bonchev–Trinajstić information content (AvgIpc) is 2.16. The number of aldehydes is 1. The van der Waals surface area contributed by atoms with Crippen LogP contribution in [0.3, 0.4) is 0 Å². The maximum Gasteiger partial charge on any atom is 0.150 e. The third kappa shape index (κ3) is 3.14. The first kappa shape index (κ1) is 11.2. The molecule has 3 heteroatoms. The highest BCUT2D eigenvalue weighted by molar-refractivity contribution is 9.10. The predicted molar refractivity (Wildman–Crippen MR) is 59.9 cm³/mol. The van der Waals surface area contributed by atoms with E-state index in [1.807, 2.05) is 6.07 Å². The summed E-state index contributed by atoms with van der Waals surface area (Å²) in [5, 5.41) is 0. The predicted octanol–water partition coefficient (Wildman–Crippen LogP) is 3.30. The van der Waals surface area contributed by atoms with Crippen LogP contribution in [0, 0.1) is 5.92 Å². The molecule has 0 unspecified atom stereocenters. The van der Waals surface area contributed by atoms with Crippen molar-refractivity contribution >= 4 is 22.2 Å². The van der Waals surface area contributed by atoms with Gasteiger partial charge in [0.05, 0.1) is 11.1 Å². The van der Waals surface area contributed by atoms with Crippen molar-refractivity contribution in [2.75, 3.05) is 6.61 Å². The van der Waals surface area contributed by atoms with Gasteiger partial charge in [-0.2, -0.15) is 0 Å². The van der Waals surface area contributed by atoms with Crippen molar-refractivity contribution in [3.63, 3.8) is 0 Å². The largest absolute Gasteiger partial charge is 0.492 e. The minimum Gasteiger partial charge on any atom is -0.492 e. The van der Waals surface area contributed by atoms with E-state index in [4.69, 9.17) is 4.74 Å².